The molecular formula is C32H40BrN3O7. The highest BCUT2D eigenvalue weighted by molar-refractivity contribution is 9.11. The lowest BCUT2D eigenvalue weighted by molar-refractivity contribution is -0.161. The summed E-state index contributed by atoms with van der Waals surface area (Å²) in [7, 11) is 0. The van der Waals surface area contributed by atoms with Crippen LogP contribution in [0.15, 0.2) is 53.0 Å². The molecule has 1 aromatic rings. The molecule has 232 valence electrons. The molecule has 2 N–H and O–H groups in total. The molecule has 0 aromatic heterocycles. The van der Waals surface area contributed by atoms with Crippen LogP contribution in [-0.2, 0) is 28.7 Å². The van der Waals surface area contributed by atoms with Crippen molar-refractivity contribution in [2.75, 3.05) is 19.7 Å². The number of halogens is 1. The second-order valence-electron chi connectivity index (χ2n) is 12.3. The maximum absolute atomic E-state index is 14.6. The molecule has 0 saturated carbocycles. The average Bonchev–Trinajstić information content (AvgIpc) is 3.56. The number of allylic oxidation sites excluding steroid dienone is 1. The number of aliphatic hydroxyl groups is 1. The Balaban J connectivity index is 1.63. The van der Waals surface area contributed by atoms with Gasteiger partial charge in [-0.15, -0.1) is 0 Å². The van der Waals surface area contributed by atoms with Gasteiger partial charge in [0.15, 0.2) is 0 Å². The van der Waals surface area contributed by atoms with Gasteiger partial charge in [0.05, 0.1) is 25.1 Å². The molecule has 0 aliphatic carbocycles. The third-order valence-electron chi connectivity index (χ3n) is 9.01. The number of carbonyl (C=O) groups excluding carboxylic acids is 4. The molecule has 11 heteroatoms. The lowest BCUT2D eigenvalue weighted by Crippen LogP contribution is -2.60. The molecule has 7 atom stereocenters. The lowest BCUT2D eigenvalue weighted by atomic mass is 9.74. The summed E-state index contributed by atoms with van der Waals surface area (Å²) >= 11 is 3.57. The number of nitrogens with one attached hydrogen (secondary N) is 1. The summed E-state index contributed by atoms with van der Waals surface area (Å²) in [6.45, 7) is 7.54. The van der Waals surface area contributed by atoms with Gasteiger partial charge in [-0.1, -0.05) is 72.3 Å². The molecule has 5 rings (SSSR count). The molecule has 4 aliphatic rings. The largest absolute Gasteiger partial charge is 0.455 e. The smallest absolute Gasteiger partial charge is 0.313 e. The fourth-order valence-electron chi connectivity index (χ4n) is 6.82. The van der Waals surface area contributed by atoms with Gasteiger partial charge in [-0.3, -0.25) is 19.2 Å². The normalized spacial score (nSPS) is 33.0. The standard InChI is InChI=1S/C32H40BrN3O7/c1-18(2)22(17-37)36-28-30(40)35(19(3)4)14-10-6-9-13-24(38)34-16-23(20-11-7-5-8-12-20)42-31(41)25-26(29(36)39)32(28)15-21(33)27(25)43-32/h5-8,10-12,15,18-19,22-23,25-28,37H,9,13-14,16-17H2,1-4H3,(H,34,38)/b10-6-/t22-,23+,25+,26-,27+,28+,32-/m0/s1. The first-order chi connectivity index (χ1) is 20.5. The summed E-state index contributed by atoms with van der Waals surface area (Å²) < 4.78 is 13.2. The topological polar surface area (TPSA) is 125 Å². The Bertz CT molecular complexity index is 1320. The van der Waals surface area contributed by atoms with Crippen LogP contribution in [0.1, 0.15) is 52.2 Å². The molecule has 4 heterocycles. The summed E-state index contributed by atoms with van der Waals surface area (Å²) in [4.78, 5) is 58.9. The number of benzene rings is 1. The number of amides is 3. The number of ether oxygens (including phenoxy) is 2. The zero-order chi connectivity index (χ0) is 31.1. The van der Waals surface area contributed by atoms with E-state index in [2.05, 4.69) is 21.2 Å². The summed E-state index contributed by atoms with van der Waals surface area (Å²) in [6.07, 6.45) is 4.56. The fraction of sp³-hybridized carbons (Fsp3) is 0.562. The van der Waals surface area contributed by atoms with Crippen molar-refractivity contribution in [3.05, 3.63) is 58.6 Å². The van der Waals surface area contributed by atoms with Crippen LogP contribution in [0, 0.1) is 17.8 Å². The van der Waals surface area contributed by atoms with Crippen molar-refractivity contribution in [3.63, 3.8) is 0 Å². The highest BCUT2D eigenvalue weighted by Crippen LogP contribution is 2.59. The number of cyclic esters (lactones) is 1. The summed E-state index contributed by atoms with van der Waals surface area (Å²) in [5, 5.41) is 13.3. The number of aliphatic hydroxyl groups excluding tert-OH is 1. The Kier molecular flexibility index (Phi) is 9.15. The second-order valence-corrected chi connectivity index (χ2v) is 13.2. The van der Waals surface area contributed by atoms with Crippen molar-refractivity contribution in [1.82, 2.24) is 15.1 Å². The minimum Gasteiger partial charge on any atom is -0.455 e. The monoisotopic (exact) mass is 657 g/mol. The van der Waals surface area contributed by atoms with Crippen LogP contribution >= 0.6 is 15.9 Å². The Morgan fingerprint density at radius 3 is 2.44 bits per heavy atom. The number of hydrogen-bond donors (Lipinski definition) is 2. The minimum atomic E-state index is -1.43. The summed E-state index contributed by atoms with van der Waals surface area (Å²) in [5.74, 6) is -3.83. The summed E-state index contributed by atoms with van der Waals surface area (Å²) in [6, 6.07) is 7.13. The number of carbonyl (C=O) groups is 4. The van der Waals surface area contributed by atoms with Gasteiger partial charge in [-0.25, -0.2) is 0 Å². The van der Waals surface area contributed by atoms with Gasteiger partial charge in [-0.05, 0) is 37.8 Å². The van der Waals surface area contributed by atoms with Crippen molar-refractivity contribution in [2.24, 2.45) is 17.8 Å². The molecule has 4 aliphatic heterocycles. The van der Waals surface area contributed by atoms with E-state index in [1.165, 1.54) is 4.90 Å². The van der Waals surface area contributed by atoms with Gasteiger partial charge in [0.25, 0.3) is 0 Å². The molecule has 2 saturated heterocycles. The van der Waals surface area contributed by atoms with Crippen molar-refractivity contribution >= 4 is 39.6 Å². The first kappa shape index (κ1) is 31.4. The van der Waals surface area contributed by atoms with E-state index in [-0.39, 0.29) is 49.9 Å². The van der Waals surface area contributed by atoms with Crippen LogP contribution in [0.5, 0.6) is 0 Å². The number of fused-ring (bicyclic) bond motifs is 2. The number of nitrogens with zero attached hydrogens (tertiary/aromatic N) is 2. The average molecular weight is 659 g/mol. The van der Waals surface area contributed by atoms with Gasteiger partial charge < -0.3 is 29.7 Å². The van der Waals surface area contributed by atoms with Gasteiger partial charge >= 0.3 is 5.97 Å². The van der Waals surface area contributed by atoms with Crippen LogP contribution in [0.3, 0.4) is 0 Å². The third kappa shape index (κ3) is 5.55. The molecule has 2 fully saturated rings. The maximum Gasteiger partial charge on any atom is 0.313 e. The van der Waals surface area contributed by atoms with E-state index in [1.807, 2.05) is 70.2 Å². The Morgan fingerprint density at radius 1 is 1.07 bits per heavy atom. The van der Waals surface area contributed by atoms with Gasteiger partial charge in [0.1, 0.15) is 29.8 Å². The highest BCUT2D eigenvalue weighted by atomic mass is 79.9. The van der Waals surface area contributed by atoms with E-state index in [1.54, 1.807) is 11.0 Å². The Hall–Kier alpha value is -3.02. The first-order valence-electron chi connectivity index (χ1n) is 15.0. The second kappa shape index (κ2) is 12.5. The van der Waals surface area contributed by atoms with Crippen LogP contribution in [0.4, 0.5) is 0 Å². The van der Waals surface area contributed by atoms with E-state index >= 15 is 0 Å². The molecule has 0 radical (unpaired) electrons. The lowest BCUT2D eigenvalue weighted by Gasteiger charge is -2.40. The molecule has 10 nitrogen and oxygen atoms in total. The third-order valence-corrected chi connectivity index (χ3v) is 9.69. The SMILES string of the molecule is CC(C)[C@H](CO)N1C(=O)[C@@H]2[C@H]3C(=O)O[C@@H](c4ccccc4)CNC(=O)CC/C=C\CN(C(C)C)C(=O)[C@@H]1[C@]21C=C(Br)[C@H]3O1. The van der Waals surface area contributed by atoms with Crippen molar-refractivity contribution in [3.8, 4) is 0 Å². The number of likely N-dealkylation sites (tertiary alicyclic amines) is 1. The van der Waals surface area contributed by atoms with E-state index in [4.69, 9.17) is 9.47 Å². The van der Waals surface area contributed by atoms with Crippen molar-refractivity contribution in [1.29, 1.82) is 0 Å². The van der Waals surface area contributed by atoms with Gasteiger partial charge in [0, 0.05) is 23.5 Å². The van der Waals surface area contributed by atoms with Crippen LogP contribution in [-0.4, -0.2) is 88.1 Å². The zero-order valence-corrected chi connectivity index (χ0v) is 26.5. The molecule has 1 aromatic carbocycles. The number of esters is 1. The van der Waals surface area contributed by atoms with Gasteiger partial charge in [-0.2, -0.15) is 0 Å². The van der Waals surface area contributed by atoms with Gasteiger partial charge in [0.2, 0.25) is 17.7 Å². The molecular weight excluding hydrogens is 618 g/mol. The number of hydrogen-bond acceptors (Lipinski definition) is 7. The van der Waals surface area contributed by atoms with Crippen molar-refractivity contribution < 1.29 is 33.8 Å². The maximum atomic E-state index is 14.6. The fourth-order valence-corrected chi connectivity index (χ4v) is 7.56. The molecule has 0 unspecified atom stereocenters. The molecule has 1 spiro atoms. The first-order valence-corrected chi connectivity index (χ1v) is 15.8. The molecule has 5 bridgehead atoms. The molecule has 43 heavy (non-hydrogen) atoms. The predicted octanol–water partition coefficient (Wildman–Crippen LogP) is 2.86. The van der Waals surface area contributed by atoms with Crippen molar-refractivity contribution in [2.45, 2.75) is 76.5 Å². The molecule has 3 amide bonds. The zero-order valence-electron chi connectivity index (χ0n) is 24.9. The number of rotatable bonds is 5. The Labute approximate surface area is 260 Å². The summed E-state index contributed by atoms with van der Waals surface area (Å²) in [5.41, 5.74) is -0.729. The minimum absolute atomic E-state index is 0.0611. The Morgan fingerprint density at radius 2 is 1.79 bits per heavy atom. The van der Waals surface area contributed by atoms with E-state index < -0.39 is 53.6 Å². The predicted molar refractivity (Wildman–Crippen MR) is 161 cm³/mol. The van der Waals surface area contributed by atoms with Crippen LogP contribution in [0.2, 0.25) is 0 Å². The van der Waals surface area contributed by atoms with E-state index in [0.717, 1.165) is 0 Å². The quantitative estimate of drug-likeness (QED) is 0.368. The van der Waals surface area contributed by atoms with Crippen LogP contribution in [0.25, 0.3) is 0 Å². The van der Waals surface area contributed by atoms with E-state index in [0.29, 0.717) is 16.5 Å². The highest BCUT2D eigenvalue weighted by Gasteiger charge is 2.75. The van der Waals surface area contributed by atoms with E-state index in [9.17, 15) is 24.3 Å². The van der Waals surface area contributed by atoms with Crippen LogP contribution < -0.4 is 5.32 Å².